The molecule has 0 aliphatic heterocycles. The van der Waals surface area contributed by atoms with Gasteiger partial charge in [0.2, 0.25) is 0 Å². The van der Waals surface area contributed by atoms with Crippen LogP contribution in [0.25, 0.3) is 0 Å². The number of hydrogen-bond donors (Lipinski definition) is 2. The molecule has 3 N–H and O–H groups in total. The summed E-state index contributed by atoms with van der Waals surface area (Å²) < 4.78 is 5.31. The molecule has 86 valence electrons. The molecule has 1 rings (SSSR count). The zero-order valence-corrected chi connectivity index (χ0v) is 9.36. The lowest BCUT2D eigenvalue weighted by Gasteiger charge is -2.04. The van der Waals surface area contributed by atoms with E-state index in [-0.39, 0.29) is 0 Å². The Kier molecular flexibility index (Phi) is 4.32. The molecule has 0 atom stereocenters. The molecule has 0 bridgehead atoms. The van der Waals surface area contributed by atoms with Crippen LogP contribution in [-0.4, -0.2) is 18.3 Å². The predicted molar refractivity (Wildman–Crippen MR) is 62.5 cm³/mol. The third kappa shape index (κ3) is 3.61. The molecule has 0 saturated heterocycles. The van der Waals surface area contributed by atoms with Crippen molar-refractivity contribution in [3.8, 4) is 5.75 Å². The normalized spacial score (nSPS) is 11.0. The summed E-state index contributed by atoms with van der Waals surface area (Å²) in [5.41, 5.74) is 8.67. The number of nitrogens with zero attached hydrogens (tertiary/aromatic N) is 1. The summed E-state index contributed by atoms with van der Waals surface area (Å²) in [6.07, 6.45) is 0. The van der Waals surface area contributed by atoms with Crippen LogP contribution in [-0.2, 0) is 0 Å². The molecule has 0 aromatic heterocycles. The number of primary amides is 1. The van der Waals surface area contributed by atoms with Crippen LogP contribution in [0.1, 0.15) is 19.4 Å². The van der Waals surface area contributed by atoms with Crippen LogP contribution in [0.3, 0.4) is 0 Å². The number of nitrogens with two attached hydrogens (primary N) is 1. The van der Waals surface area contributed by atoms with E-state index in [9.17, 15) is 4.79 Å². The number of carbonyl (C=O) groups excluding carboxylic acids is 1. The van der Waals surface area contributed by atoms with Crippen molar-refractivity contribution in [1.29, 1.82) is 0 Å². The van der Waals surface area contributed by atoms with Crippen molar-refractivity contribution in [3.05, 3.63) is 29.8 Å². The predicted octanol–water partition coefficient (Wildman–Crippen LogP) is 1.48. The van der Waals surface area contributed by atoms with E-state index in [4.69, 9.17) is 10.5 Å². The summed E-state index contributed by atoms with van der Waals surface area (Å²) in [6, 6.07) is 6.76. The zero-order chi connectivity index (χ0) is 12.0. The largest absolute Gasteiger partial charge is 0.494 e. The highest BCUT2D eigenvalue weighted by Gasteiger charge is 1.98. The number of hydrogen-bond acceptors (Lipinski definition) is 3. The van der Waals surface area contributed by atoms with Crippen molar-refractivity contribution < 1.29 is 9.53 Å². The molecule has 0 saturated carbocycles. The van der Waals surface area contributed by atoms with Crippen molar-refractivity contribution in [2.24, 2.45) is 10.8 Å². The SMILES string of the molecule is CCOc1ccc(C(C)=NNC(N)=O)cc1. The van der Waals surface area contributed by atoms with Gasteiger partial charge >= 0.3 is 6.03 Å². The van der Waals surface area contributed by atoms with Gasteiger partial charge in [-0.15, -0.1) is 0 Å². The first-order valence-corrected chi connectivity index (χ1v) is 4.96. The topological polar surface area (TPSA) is 76.7 Å². The van der Waals surface area contributed by atoms with E-state index in [0.29, 0.717) is 12.3 Å². The molecule has 1 aromatic carbocycles. The molecule has 0 unspecified atom stereocenters. The minimum atomic E-state index is -0.676. The Labute approximate surface area is 94.3 Å². The Hall–Kier alpha value is -2.04. The van der Waals surface area contributed by atoms with Crippen molar-refractivity contribution in [2.75, 3.05) is 6.61 Å². The van der Waals surface area contributed by atoms with Crippen LogP contribution in [0.2, 0.25) is 0 Å². The van der Waals surface area contributed by atoms with Crippen LogP contribution < -0.4 is 15.9 Å². The fourth-order valence-corrected chi connectivity index (χ4v) is 1.16. The van der Waals surface area contributed by atoms with Crippen molar-refractivity contribution in [3.63, 3.8) is 0 Å². The number of amides is 2. The first-order chi connectivity index (χ1) is 7.63. The third-order valence-electron chi connectivity index (χ3n) is 1.92. The number of urea groups is 1. The summed E-state index contributed by atoms with van der Waals surface area (Å²) in [5.74, 6) is 0.807. The average Bonchev–Trinajstić information content (AvgIpc) is 2.27. The Morgan fingerprint density at radius 3 is 2.56 bits per heavy atom. The van der Waals surface area contributed by atoms with Gasteiger partial charge in [0.15, 0.2) is 0 Å². The molecule has 0 aliphatic rings. The Bertz CT molecular complexity index is 385. The van der Waals surface area contributed by atoms with E-state index in [1.807, 2.05) is 31.2 Å². The zero-order valence-electron chi connectivity index (χ0n) is 9.36. The van der Waals surface area contributed by atoms with Crippen LogP contribution >= 0.6 is 0 Å². The van der Waals surface area contributed by atoms with Gasteiger partial charge in [-0.25, -0.2) is 10.2 Å². The second kappa shape index (κ2) is 5.75. The second-order valence-corrected chi connectivity index (χ2v) is 3.13. The smallest absolute Gasteiger partial charge is 0.332 e. The standard InChI is InChI=1S/C11H15N3O2/c1-3-16-10-6-4-9(5-7-10)8(2)13-14-11(12)15/h4-7H,3H2,1-2H3,(H3,12,14,15). The molecular formula is C11H15N3O2. The van der Waals surface area contributed by atoms with Gasteiger partial charge in [0, 0.05) is 0 Å². The van der Waals surface area contributed by atoms with Crippen LogP contribution in [0.5, 0.6) is 5.75 Å². The number of carbonyl (C=O) groups is 1. The van der Waals surface area contributed by atoms with E-state index >= 15 is 0 Å². The Morgan fingerprint density at radius 2 is 2.06 bits per heavy atom. The lowest BCUT2D eigenvalue weighted by atomic mass is 10.1. The Balaban J connectivity index is 2.73. The van der Waals surface area contributed by atoms with Crippen molar-refractivity contribution in [2.45, 2.75) is 13.8 Å². The van der Waals surface area contributed by atoms with Gasteiger partial charge in [0.05, 0.1) is 12.3 Å². The maximum absolute atomic E-state index is 10.5. The van der Waals surface area contributed by atoms with Gasteiger partial charge in [-0.05, 0) is 43.7 Å². The first kappa shape index (κ1) is 12.0. The summed E-state index contributed by atoms with van der Waals surface area (Å²) in [7, 11) is 0. The van der Waals surface area contributed by atoms with E-state index in [0.717, 1.165) is 11.3 Å². The molecular weight excluding hydrogens is 206 g/mol. The monoisotopic (exact) mass is 221 g/mol. The van der Waals surface area contributed by atoms with Gasteiger partial charge < -0.3 is 10.5 Å². The maximum atomic E-state index is 10.5. The molecule has 0 aliphatic carbocycles. The van der Waals surface area contributed by atoms with Gasteiger partial charge in [-0.1, -0.05) is 0 Å². The average molecular weight is 221 g/mol. The molecule has 1 aromatic rings. The van der Waals surface area contributed by atoms with Crippen molar-refractivity contribution in [1.82, 2.24) is 5.43 Å². The number of hydrazone groups is 1. The minimum absolute atomic E-state index is 0.635. The summed E-state index contributed by atoms with van der Waals surface area (Å²) in [6.45, 7) is 4.35. The highest BCUT2D eigenvalue weighted by atomic mass is 16.5. The van der Waals surface area contributed by atoms with E-state index in [1.165, 1.54) is 0 Å². The first-order valence-electron chi connectivity index (χ1n) is 4.96. The molecule has 5 heteroatoms. The molecule has 16 heavy (non-hydrogen) atoms. The van der Waals surface area contributed by atoms with E-state index in [1.54, 1.807) is 6.92 Å². The second-order valence-electron chi connectivity index (χ2n) is 3.13. The van der Waals surface area contributed by atoms with E-state index in [2.05, 4.69) is 10.5 Å². The number of nitrogens with one attached hydrogen (secondary N) is 1. The number of rotatable bonds is 4. The summed E-state index contributed by atoms with van der Waals surface area (Å²) >= 11 is 0. The third-order valence-corrected chi connectivity index (χ3v) is 1.92. The highest BCUT2D eigenvalue weighted by Crippen LogP contribution is 2.12. The number of benzene rings is 1. The molecule has 5 nitrogen and oxygen atoms in total. The van der Waals surface area contributed by atoms with Crippen molar-refractivity contribution >= 4 is 11.7 Å². The van der Waals surface area contributed by atoms with Gasteiger partial charge in [0.25, 0.3) is 0 Å². The van der Waals surface area contributed by atoms with Gasteiger partial charge in [0.1, 0.15) is 5.75 Å². The molecule has 0 fully saturated rings. The molecule has 0 radical (unpaired) electrons. The fraction of sp³-hybridized carbons (Fsp3) is 0.273. The minimum Gasteiger partial charge on any atom is -0.494 e. The lowest BCUT2D eigenvalue weighted by molar-refractivity contribution is 0.249. The molecule has 0 heterocycles. The number of ether oxygens (including phenoxy) is 1. The fourth-order valence-electron chi connectivity index (χ4n) is 1.16. The molecule has 0 spiro atoms. The highest BCUT2D eigenvalue weighted by molar-refractivity contribution is 5.99. The van der Waals surface area contributed by atoms with Crippen LogP contribution in [0.15, 0.2) is 29.4 Å². The molecule has 2 amide bonds. The van der Waals surface area contributed by atoms with Crippen LogP contribution in [0.4, 0.5) is 4.79 Å². The maximum Gasteiger partial charge on any atom is 0.332 e. The summed E-state index contributed by atoms with van der Waals surface area (Å²) in [5, 5.41) is 3.82. The quantitative estimate of drug-likeness (QED) is 0.596. The van der Waals surface area contributed by atoms with Gasteiger partial charge in [-0.2, -0.15) is 5.10 Å². The Morgan fingerprint density at radius 1 is 1.44 bits per heavy atom. The van der Waals surface area contributed by atoms with Gasteiger partial charge in [-0.3, -0.25) is 0 Å². The summed E-state index contributed by atoms with van der Waals surface area (Å²) in [4.78, 5) is 10.5. The van der Waals surface area contributed by atoms with E-state index < -0.39 is 6.03 Å². The van der Waals surface area contributed by atoms with Crippen LogP contribution in [0, 0.1) is 0 Å². The lowest BCUT2D eigenvalue weighted by Crippen LogP contribution is -2.25.